The fourth-order valence-corrected chi connectivity index (χ4v) is 19.4. The van der Waals surface area contributed by atoms with Gasteiger partial charge in [0.05, 0.1) is 0 Å². The van der Waals surface area contributed by atoms with Crippen LogP contribution < -0.4 is 5.73 Å². The van der Waals surface area contributed by atoms with Crippen LogP contribution in [-0.2, 0) is 69.4 Å². The number of carboxylic acids is 2. The van der Waals surface area contributed by atoms with Crippen LogP contribution in [0, 0.1) is 0 Å². The molecule has 15 nitrogen and oxygen atoms in total. The van der Waals surface area contributed by atoms with E-state index in [9.17, 15) is 0 Å². The first-order chi connectivity index (χ1) is 14.4. The molecule has 4 N–H and O–H groups in total. The monoisotopic (exact) mass is 588 g/mol. The first kappa shape index (κ1) is 34.1. The number of fused-ring (bicyclic) bond motifs is 2. The standard InChI is InChI=1S/C8H23NO10Si4.2C2H4O2.Cu/c1-10-21(11-2)15-20(8-6-7-9)16-22(12-3,13-4)19-23(14-5,17-20)18-21;2*1-2(3)4;/h6-9H2,1-5H3;2*1H3,(H,3,4);. The summed E-state index contributed by atoms with van der Waals surface area (Å²) in [6, 6.07) is 0.400. The van der Waals surface area contributed by atoms with E-state index >= 15 is 0 Å². The molecule has 2 bridgehead atoms. The second kappa shape index (κ2) is 15.0. The number of hydrogen-bond donors (Lipinski definition) is 3. The summed E-state index contributed by atoms with van der Waals surface area (Å²) in [4.78, 5) is 18.0. The zero-order valence-corrected chi connectivity index (χ0v) is 23.7. The van der Waals surface area contributed by atoms with Gasteiger partial charge in [-0.3, -0.25) is 9.59 Å². The Morgan fingerprint density at radius 3 is 1.34 bits per heavy atom. The molecular weight excluding hydrogens is 558 g/mol. The van der Waals surface area contributed by atoms with Gasteiger partial charge in [0.15, 0.2) is 0 Å². The summed E-state index contributed by atoms with van der Waals surface area (Å²) < 4.78 is 56.3. The summed E-state index contributed by atoms with van der Waals surface area (Å²) in [6.07, 6.45) is 0.593. The molecule has 0 saturated carbocycles. The van der Waals surface area contributed by atoms with Gasteiger partial charge in [-0.2, -0.15) is 0 Å². The molecule has 0 aliphatic carbocycles. The quantitative estimate of drug-likeness (QED) is 0.295. The maximum absolute atomic E-state index is 9.00. The SMILES string of the molecule is CC(=O)O.CC(=O)O.CO[Si]1(OC)O[Si]2(CCCN)O[Si](OC)(OC)O[Si](OC)(O2)O1.[Cu]. The van der Waals surface area contributed by atoms with Crippen LogP contribution in [0.4, 0.5) is 0 Å². The number of aliphatic carboxylic acids is 2. The van der Waals surface area contributed by atoms with Gasteiger partial charge in [-0.25, -0.2) is 0 Å². The van der Waals surface area contributed by atoms with Crippen molar-refractivity contribution in [1.29, 1.82) is 0 Å². The summed E-state index contributed by atoms with van der Waals surface area (Å²) in [5, 5.41) is 14.8. The van der Waals surface area contributed by atoms with Crippen molar-refractivity contribution in [1.82, 2.24) is 0 Å². The van der Waals surface area contributed by atoms with E-state index in [1.807, 2.05) is 0 Å². The molecule has 32 heavy (non-hydrogen) atoms. The Labute approximate surface area is 201 Å². The zero-order chi connectivity index (χ0) is 24.3. The van der Waals surface area contributed by atoms with Crippen molar-refractivity contribution in [3.63, 3.8) is 0 Å². The first-order valence-corrected chi connectivity index (χ1v) is 15.6. The predicted octanol–water partition coefficient (Wildman–Crippen LogP) is -0.898. The molecular formula is C12H31CuNO14Si4. The van der Waals surface area contributed by atoms with E-state index in [1.54, 1.807) is 0 Å². The Kier molecular flexibility index (Phi) is 16.0. The van der Waals surface area contributed by atoms with Crippen LogP contribution in [0.2, 0.25) is 6.04 Å². The molecule has 2 heterocycles. The third kappa shape index (κ3) is 10.0. The number of hydrogen-bond acceptors (Lipinski definition) is 13. The van der Waals surface area contributed by atoms with Crippen molar-refractivity contribution in [2.75, 3.05) is 42.1 Å². The van der Waals surface area contributed by atoms with E-state index in [2.05, 4.69) is 0 Å². The third-order valence-corrected chi connectivity index (χ3v) is 17.5. The van der Waals surface area contributed by atoms with Crippen LogP contribution >= 0.6 is 0 Å². The van der Waals surface area contributed by atoms with E-state index in [-0.39, 0.29) is 17.1 Å². The molecule has 0 aromatic carbocycles. The van der Waals surface area contributed by atoms with Crippen molar-refractivity contribution in [2.24, 2.45) is 5.73 Å². The van der Waals surface area contributed by atoms with Gasteiger partial charge < -0.3 is 58.7 Å². The maximum atomic E-state index is 9.00. The fourth-order valence-electron chi connectivity index (χ4n) is 2.14. The van der Waals surface area contributed by atoms with Crippen LogP contribution in [0.1, 0.15) is 20.3 Å². The average molecular weight is 589 g/mol. The van der Waals surface area contributed by atoms with Gasteiger partial charge >= 0.3 is 35.9 Å². The minimum absolute atomic E-state index is 0. The summed E-state index contributed by atoms with van der Waals surface area (Å²) >= 11 is 0. The van der Waals surface area contributed by atoms with Gasteiger partial charge in [0.25, 0.3) is 11.9 Å². The maximum Gasteiger partial charge on any atom is 0.665 e. The Bertz CT molecular complexity index is 538. The Balaban J connectivity index is 0. The van der Waals surface area contributed by atoms with E-state index in [4.69, 9.17) is 68.2 Å². The van der Waals surface area contributed by atoms with Crippen molar-refractivity contribution in [2.45, 2.75) is 26.3 Å². The van der Waals surface area contributed by atoms with Crippen LogP contribution in [0.15, 0.2) is 0 Å². The summed E-state index contributed by atoms with van der Waals surface area (Å²) in [5.41, 5.74) is 5.61. The Morgan fingerprint density at radius 1 is 0.750 bits per heavy atom. The summed E-state index contributed by atoms with van der Waals surface area (Å²) in [6.45, 7) is 2.59. The van der Waals surface area contributed by atoms with Crippen molar-refractivity contribution in [3.05, 3.63) is 0 Å². The van der Waals surface area contributed by atoms with Crippen molar-refractivity contribution in [3.8, 4) is 0 Å². The van der Waals surface area contributed by atoms with Crippen molar-refractivity contribution >= 4 is 47.9 Å². The van der Waals surface area contributed by atoms with Gasteiger partial charge in [0, 0.05) is 72.5 Å². The molecule has 0 spiro atoms. The molecule has 2 aliphatic heterocycles. The molecule has 0 amide bonds. The minimum Gasteiger partial charge on any atom is -0.481 e. The largest absolute Gasteiger partial charge is 0.665 e. The van der Waals surface area contributed by atoms with Gasteiger partial charge in [-0.1, -0.05) is 0 Å². The summed E-state index contributed by atoms with van der Waals surface area (Å²) in [7, 11) is -7.08. The van der Waals surface area contributed by atoms with Crippen LogP contribution in [0.5, 0.6) is 0 Å². The predicted molar refractivity (Wildman–Crippen MR) is 109 cm³/mol. The van der Waals surface area contributed by atoms with Gasteiger partial charge in [0.1, 0.15) is 0 Å². The molecule has 195 valence electrons. The topological polar surface area (TPSA) is 193 Å². The second-order valence-electron chi connectivity index (χ2n) is 5.64. The molecule has 2 saturated heterocycles. The molecule has 0 aromatic heterocycles. The minimum atomic E-state index is -3.69. The van der Waals surface area contributed by atoms with E-state index in [1.165, 1.54) is 35.5 Å². The number of carbonyl (C=O) groups is 2. The first-order valence-electron chi connectivity index (χ1n) is 8.72. The van der Waals surface area contributed by atoms with Crippen molar-refractivity contribution < 1.29 is 79.6 Å². The molecule has 0 unspecified atom stereocenters. The number of nitrogens with two attached hydrogens (primary N) is 1. The average Bonchev–Trinajstić information content (AvgIpc) is 2.70. The zero-order valence-electron chi connectivity index (χ0n) is 18.8. The number of carboxylic acid groups (broad SMARTS) is 2. The smallest absolute Gasteiger partial charge is 0.481 e. The second-order valence-corrected chi connectivity index (χ2v) is 16.6. The van der Waals surface area contributed by atoms with Crippen LogP contribution in [0.3, 0.4) is 0 Å². The third-order valence-electron chi connectivity index (χ3n) is 3.28. The van der Waals surface area contributed by atoms with E-state index in [0.717, 1.165) is 13.8 Å². The van der Waals surface area contributed by atoms with Gasteiger partial charge in [-0.15, -0.1) is 0 Å². The summed E-state index contributed by atoms with van der Waals surface area (Å²) in [5.74, 6) is -1.67. The van der Waals surface area contributed by atoms with Crippen LogP contribution in [0.25, 0.3) is 0 Å². The fraction of sp³-hybridized carbons (Fsp3) is 0.833. The molecule has 2 rings (SSSR count). The van der Waals surface area contributed by atoms with E-state index < -0.39 is 47.9 Å². The molecule has 1 radical (unpaired) electrons. The van der Waals surface area contributed by atoms with E-state index in [0.29, 0.717) is 19.0 Å². The molecule has 2 fully saturated rings. The van der Waals surface area contributed by atoms with Gasteiger partial charge in [-0.05, 0) is 13.0 Å². The molecule has 0 aromatic rings. The molecule has 2 aliphatic rings. The van der Waals surface area contributed by atoms with Gasteiger partial charge in [0.2, 0.25) is 0 Å². The number of rotatable bonds is 8. The molecule has 20 heteroatoms. The normalized spacial score (nSPS) is 26.9. The molecule has 0 atom stereocenters. The Hall–Kier alpha value is -0.113. The van der Waals surface area contributed by atoms with Crippen LogP contribution in [-0.4, -0.2) is 100 Å². The Morgan fingerprint density at radius 2 is 1.09 bits per heavy atom.